The summed E-state index contributed by atoms with van der Waals surface area (Å²) in [5, 5.41) is 3.41. The average Bonchev–Trinajstić information content (AvgIpc) is 2.81. The highest BCUT2D eigenvalue weighted by Gasteiger charge is 2.31. The summed E-state index contributed by atoms with van der Waals surface area (Å²) in [5.74, 6) is 0.239. The van der Waals surface area contributed by atoms with Gasteiger partial charge in [0, 0.05) is 30.1 Å². The molecule has 0 spiro atoms. The lowest BCUT2D eigenvalue weighted by Gasteiger charge is -2.33. The number of amides is 2. The van der Waals surface area contributed by atoms with Crippen LogP contribution in [0.2, 0.25) is 5.02 Å². The SMILES string of the molecule is CC[C@@H](C(=O)NC(C)(C)C)N(Cc1ccc(OC)cc1)C(=O)CCCN(c1cc(Cl)ccc1C)S(C)(=O)=O. The summed E-state index contributed by atoms with van der Waals surface area (Å²) in [4.78, 5) is 28.3. The van der Waals surface area contributed by atoms with Crippen molar-refractivity contribution < 1.29 is 22.7 Å². The van der Waals surface area contributed by atoms with Gasteiger partial charge in [0.2, 0.25) is 21.8 Å². The lowest BCUT2D eigenvalue weighted by molar-refractivity contribution is -0.142. The molecule has 10 heteroatoms. The van der Waals surface area contributed by atoms with E-state index in [-0.39, 0.29) is 37.7 Å². The molecular formula is C28H40ClN3O5S. The van der Waals surface area contributed by atoms with Gasteiger partial charge in [-0.05, 0) is 75.9 Å². The van der Waals surface area contributed by atoms with Gasteiger partial charge in [0.05, 0.1) is 19.1 Å². The lowest BCUT2D eigenvalue weighted by Crippen LogP contribution is -2.53. The zero-order chi connectivity index (χ0) is 28.7. The minimum absolute atomic E-state index is 0.0705. The van der Waals surface area contributed by atoms with Gasteiger partial charge in [-0.3, -0.25) is 13.9 Å². The molecule has 0 unspecified atom stereocenters. The van der Waals surface area contributed by atoms with Crippen molar-refractivity contribution >= 4 is 39.1 Å². The first-order valence-corrected chi connectivity index (χ1v) is 14.9. The van der Waals surface area contributed by atoms with Crippen molar-refractivity contribution in [2.24, 2.45) is 0 Å². The second kappa shape index (κ2) is 13.3. The zero-order valence-corrected chi connectivity index (χ0v) is 24.9. The molecule has 0 saturated carbocycles. The Bertz CT molecular complexity index is 1210. The number of nitrogens with one attached hydrogen (secondary N) is 1. The van der Waals surface area contributed by atoms with Crippen molar-refractivity contribution in [2.75, 3.05) is 24.2 Å². The molecule has 210 valence electrons. The summed E-state index contributed by atoms with van der Waals surface area (Å²) >= 11 is 6.13. The number of hydrogen-bond acceptors (Lipinski definition) is 5. The maximum Gasteiger partial charge on any atom is 0.243 e. The van der Waals surface area contributed by atoms with E-state index >= 15 is 0 Å². The average molecular weight is 566 g/mol. The lowest BCUT2D eigenvalue weighted by atomic mass is 10.0. The van der Waals surface area contributed by atoms with E-state index in [0.717, 1.165) is 17.4 Å². The Morgan fingerprint density at radius 2 is 1.74 bits per heavy atom. The highest BCUT2D eigenvalue weighted by Crippen LogP contribution is 2.27. The Labute approximate surface area is 232 Å². The monoisotopic (exact) mass is 565 g/mol. The highest BCUT2D eigenvalue weighted by atomic mass is 35.5. The molecule has 0 saturated heterocycles. The van der Waals surface area contributed by atoms with Crippen LogP contribution in [0.3, 0.4) is 0 Å². The third-order valence-corrected chi connectivity index (χ3v) is 7.40. The summed E-state index contributed by atoms with van der Waals surface area (Å²) in [5.41, 5.74) is 1.65. The van der Waals surface area contributed by atoms with Gasteiger partial charge in [-0.2, -0.15) is 0 Å². The Kier molecular flexibility index (Phi) is 11.0. The minimum atomic E-state index is -3.61. The first-order chi connectivity index (χ1) is 17.7. The van der Waals surface area contributed by atoms with Crippen LogP contribution >= 0.6 is 11.6 Å². The molecule has 0 fully saturated rings. The van der Waals surface area contributed by atoms with Crippen molar-refractivity contribution in [1.29, 1.82) is 0 Å². The van der Waals surface area contributed by atoms with E-state index in [1.165, 1.54) is 4.31 Å². The zero-order valence-electron chi connectivity index (χ0n) is 23.4. The number of halogens is 1. The van der Waals surface area contributed by atoms with Gasteiger partial charge in [-0.15, -0.1) is 0 Å². The smallest absolute Gasteiger partial charge is 0.243 e. The number of ether oxygens (including phenoxy) is 1. The van der Waals surface area contributed by atoms with Crippen LogP contribution in [0.15, 0.2) is 42.5 Å². The molecule has 2 rings (SSSR count). The first kappa shape index (κ1) is 31.4. The number of benzene rings is 2. The van der Waals surface area contributed by atoms with E-state index in [9.17, 15) is 18.0 Å². The first-order valence-electron chi connectivity index (χ1n) is 12.6. The number of aryl methyl sites for hydroxylation is 1. The molecule has 8 nitrogen and oxygen atoms in total. The van der Waals surface area contributed by atoms with Crippen molar-refractivity contribution in [3.8, 4) is 5.75 Å². The highest BCUT2D eigenvalue weighted by molar-refractivity contribution is 7.92. The van der Waals surface area contributed by atoms with E-state index in [4.69, 9.17) is 16.3 Å². The van der Waals surface area contributed by atoms with Gasteiger partial charge < -0.3 is 15.0 Å². The standard InChI is InChI=1S/C28H40ClN3O5S/c1-8-24(27(34)30-28(3,4)5)31(19-21-12-15-23(37-6)16-13-21)26(33)10-9-17-32(38(7,35)36)25-18-22(29)14-11-20(25)2/h11-16,18,24H,8-10,17,19H2,1-7H3,(H,30,34)/t24-/m0/s1. The van der Waals surface area contributed by atoms with E-state index in [1.54, 1.807) is 30.2 Å². The Balaban J connectivity index is 2.28. The van der Waals surface area contributed by atoms with E-state index < -0.39 is 21.6 Å². The molecule has 1 atom stereocenters. The van der Waals surface area contributed by atoms with Crippen molar-refractivity contribution in [2.45, 2.75) is 72.0 Å². The number of rotatable bonds is 12. The molecule has 0 aliphatic heterocycles. The number of anilines is 1. The Morgan fingerprint density at radius 1 is 1.11 bits per heavy atom. The molecular weight excluding hydrogens is 526 g/mol. The van der Waals surface area contributed by atoms with Crippen LogP contribution < -0.4 is 14.4 Å². The molecule has 38 heavy (non-hydrogen) atoms. The largest absolute Gasteiger partial charge is 0.497 e. The molecule has 0 heterocycles. The number of methoxy groups -OCH3 is 1. The van der Waals surface area contributed by atoms with Crippen molar-refractivity contribution in [1.82, 2.24) is 10.2 Å². The second-order valence-corrected chi connectivity index (χ2v) is 12.7. The minimum Gasteiger partial charge on any atom is -0.497 e. The molecule has 2 aromatic carbocycles. The van der Waals surface area contributed by atoms with Crippen LogP contribution in [0.4, 0.5) is 5.69 Å². The summed E-state index contributed by atoms with van der Waals surface area (Å²) in [6.07, 6.45) is 1.91. The maximum absolute atomic E-state index is 13.6. The van der Waals surface area contributed by atoms with Gasteiger partial charge >= 0.3 is 0 Å². The molecule has 1 N–H and O–H groups in total. The third-order valence-electron chi connectivity index (χ3n) is 5.99. The molecule has 0 aromatic heterocycles. The Hall–Kier alpha value is -2.78. The molecule has 0 radical (unpaired) electrons. The van der Waals surface area contributed by atoms with E-state index in [1.807, 2.05) is 58.9 Å². The number of nitrogens with zero attached hydrogens (tertiary/aromatic N) is 2. The second-order valence-electron chi connectivity index (χ2n) is 10.4. The van der Waals surface area contributed by atoms with Crippen LogP contribution in [0.25, 0.3) is 0 Å². The molecule has 0 bridgehead atoms. The Morgan fingerprint density at radius 3 is 2.26 bits per heavy atom. The van der Waals surface area contributed by atoms with Gasteiger partial charge in [0.1, 0.15) is 11.8 Å². The molecule has 0 aliphatic rings. The van der Waals surface area contributed by atoms with Crippen LogP contribution in [-0.4, -0.2) is 56.6 Å². The predicted molar refractivity (Wildman–Crippen MR) is 153 cm³/mol. The summed E-state index contributed by atoms with van der Waals surface area (Å²) in [6, 6.07) is 11.7. The van der Waals surface area contributed by atoms with Crippen LogP contribution in [-0.2, 0) is 26.2 Å². The van der Waals surface area contributed by atoms with Gasteiger partial charge in [0.25, 0.3) is 0 Å². The van der Waals surface area contributed by atoms with E-state index in [2.05, 4.69) is 5.32 Å². The van der Waals surface area contributed by atoms with Crippen molar-refractivity contribution in [3.63, 3.8) is 0 Å². The normalized spacial score (nSPS) is 12.5. The number of carbonyl (C=O) groups is 2. The molecule has 0 aliphatic carbocycles. The van der Waals surface area contributed by atoms with Gasteiger partial charge in [0.15, 0.2) is 0 Å². The van der Waals surface area contributed by atoms with Crippen LogP contribution in [0, 0.1) is 6.92 Å². The quantitative estimate of drug-likeness (QED) is 0.394. The summed E-state index contributed by atoms with van der Waals surface area (Å²) in [7, 11) is -2.03. The fourth-order valence-corrected chi connectivity index (χ4v) is 5.31. The summed E-state index contributed by atoms with van der Waals surface area (Å²) < 4.78 is 31.7. The summed E-state index contributed by atoms with van der Waals surface area (Å²) in [6.45, 7) is 9.70. The number of carbonyl (C=O) groups excluding carboxylic acids is 2. The van der Waals surface area contributed by atoms with Crippen LogP contribution in [0.1, 0.15) is 58.1 Å². The molecule has 2 aromatic rings. The van der Waals surface area contributed by atoms with Gasteiger partial charge in [-0.25, -0.2) is 8.42 Å². The third kappa shape index (κ3) is 9.20. The molecule has 2 amide bonds. The maximum atomic E-state index is 13.6. The van der Waals surface area contributed by atoms with Crippen LogP contribution in [0.5, 0.6) is 5.75 Å². The van der Waals surface area contributed by atoms with Gasteiger partial charge in [-0.1, -0.05) is 36.7 Å². The number of hydrogen-bond donors (Lipinski definition) is 1. The fraction of sp³-hybridized carbons (Fsp3) is 0.500. The van der Waals surface area contributed by atoms with E-state index in [0.29, 0.717) is 22.9 Å². The van der Waals surface area contributed by atoms with Crippen molar-refractivity contribution in [3.05, 3.63) is 58.6 Å². The predicted octanol–water partition coefficient (Wildman–Crippen LogP) is 4.93. The number of sulfonamides is 1. The fourth-order valence-electron chi connectivity index (χ4n) is 4.13. The topological polar surface area (TPSA) is 96.0 Å².